The van der Waals surface area contributed by atoms with Crippen LogP contribution < -0.4 is 0 Å². The van der Waals surface area contributed by atoms with E-state index >= 15 is 0 Å². The van der Waals surface area contributed by atoms with Crippen LogP contribution >= 0.6 is 11.8 Å². The molecule has 2 unspecified atom stereocenters. The predicted molar refractivity (Wildman–Crippen MR) is 68.1 cm³/mol. The number of nitrogens with zero attached hydrogens (tertiary/aromatic N) is 1. The summed E-state index contributed by atoms with van der Waals surface area (Å²) in [5, 5.41) is 16.2. The maximum atomic E-state index is 11.0. The Hall–Kier alpha value is -0.480. The number of aryl methyl sites for hydroxylation is 2. The van der Waals surface area contributed by atoms with E-state index in [-0.39, 0.29) is 0 Å². The maximum absolute atomic E-state index is 11.0. The molecule has 0 aromatic carbocycles. The van der Waals surface area contributed by atoms with Gasteiger partial charge in [-0.2, -0.15) is 11.8 Å². The van der Waals surface area contributed by atoms with Crippen molar-refractivity contribution in [2.24, 2.45) is 0 Å². The Morgan fingerprint density at radius 2 is 1.94 bits per heavy atom. The standard InChI is InChI=1S/C13H19NO2S/c1-8-12(9(2)16-14-8)13(15)6-10-4-3-5-11(7-13)17-10/h10-11,15H,3-7H2,1-2H3. The van der Waals surface area contributed by atoms with Crippen LogP contribution in [0.3, 0.4) is 0 Å². The second-order valence-corrected chi connectivity index (χ2v) is 7.06. The molecule has 2 aliphatic rings. The van der Waals surface area contributed by atoms with Crippen molar-refractivity contribution in [3.8, 4) is 0 Å². The highest BCUT2D eigenvalue weighted by molar-refractivity contribution is 8.00. The number of hydrogen-bond donors (Lipinski definition) is 1. The topological polar surface area (TPSA) is 46.3 Å². The lowest BCUT2D eigenvalue weighted by atomic mass is 9.80. The molecular formula is C13H19NO2S. The van der Waals surface area contributed by atoms with Crippen LogP contribution in [0.2, 0.25) is 0 Å². The van der Waals surface area contributed by atoms with Crippen molar-refractivity contribution in [2.75, 3.05) is 0 Å². The van der Waals surface area contributed by atoms with Crippen LogP contribution in [-0.4, -0.2) is 20.8 Å². The van der Waals surface area contributed by atoms with Crippen molar-refractivity contribution in [3.63, 3.8) is 0 Å². The Bertz CT molecular complexity index is 398. The average Bonchev–Trinajstić information content (AvgIpc) is 2.58. The van der Waals surface area contributed by atoms with E-state index in [1.54, 1.807) is 0 Å². The van der Waals surface area contributed by atoms with Crippen molar-refractivity contribution < 1.29 is 9.63 Å². The van der Waals surface area contributed by atoms with Gasteiger partial charge in [0.2, 0.25) is 0 Å². The van der Waals surface area contributed by atoms with Crippen LogP contribution in [0.25, 0.3) is 0 Å². The summed E-state index contributed by atoms with van der Waals surface area (Å²) in [6, 6.07) is 0. The van der Waals surface area contributed by atoms with Crippen molar-refractivity contribution >= 4 is 11.8 Å². The summed E-state index contributed by atoms with van der Waals surface area (Å²) in [7, 11) is 0. The SMILES string of the molecule is Cc1noc(C)c1C1(O)CC2CCCC(C1)S2. The fourth-order valence-electron chi connectivity index (χ4n) is 3.47. The van der Waals surface area contributed by atoms with Gasteiger partial charge in [-0.3, -0.25) is 0 Å². The Morgan fingerprint density at radius 1 is 1.29 bits per heavy atom. The summed E-state index contributed by atoms with van der Waals surface area (Å²) < 4.78 is 5.22. The van der Waals surface area contributed by atoms with Crippen LogP contribution in [0.4, 0.5) is 0 Å². The molecule has 2 saturated heterocycles. The average molecular weight is 253 g/mol. The van der Waals surface area contributed by atoms with E-state index in [4.69, 9.17) is 4.52 Å². The summed E-state index contributed by atoms with van der Waals surface area (Å²) in [5.74, 6) is 0.787. The Morgan fingerprint density at radius 3 is 2.47 bits per heavy atom. The number of fused-ring (bicyclic) bond motifs is 2. The third kappa shape index (κ3) is 1.91. The quantitative estimate of drug-likeness (QED) is 0.836. The molecular weight excluding hydrogens is 234 g/mol. The van der Waals surface area contributed by atoms with E-state index < -0.39 is 5.60 Å². The van der Waals surface area contributed by atoms with E-state index in [0.717, 1.165) is 29.9 Å². The van der Waals surface area contributed by atoms with Crippen LogP contribution in [0.5, 0.6) is 0 Å². The van der Waals surface area contributed by atoms with Gasteiger partial charge >= 0.3 is 0 Å². The second kappa shape index (κ2) is 4.02. The molecule has 94 valence electrons. The normalized spacial score (nSPS) is 37.1. The van der Waals surface area contributed by atoms with Gasteiger partial charge in [0.05, 0.1) is 11.3 Å². The number of hydrogen-bond acceptors (Lipinski definition) is 4. The van der Waals surface area contributed by atoms with E-state index in [9.17, 15) is 5.11 Å². The molecule has 17 heavy (non-hydrogen) atoms. The zero-order valence-corrected chi connectivity index (χ0v) is 11.2. The van der Waals surface area contributed by atoms with Gasteiger partial charge in [0.25, 0.3) is 0 Å². The van der Waals surface area contributed by atoms with Gasteiger partial charge in [-0.25, -0.2) is 0 Å². The minimum absolute atomic E-state index is 0.612. The van der Waals surface area contributed by atoms with E-state index in [1.165, 1.54) is 19.3 Å². The van der Waals surface area contributed by atoms with Gasteiger partial charge in [-0.05, 0) is 39.5 Å². The molecule has 4 heteroatoms. The zero-order valence-electron chi connectivity index (χ0n) is 10.4. The molecule has 1 aromatic rings. The summed E-state index contributed by atoms with van der Waals surface area (Å²) in [6.45, 7) is 3.84. The number of rotatable bonds is 1. The highest BCUT2D eigenvalue weighted by Crippen LogP contribution is 2.50. The lowest BCUT2D eigenvalue weighted by molar-refractivity contribution is 0.00639. The summed E-state index contributed by atoms with van der Waals surface area (Å²) >= 11 is 2.07. The van der Waals surface area contributed by atoms with Gasteiger partial charge < -0.3 is 9.63 Å². The number of thioether (sulfide) groups is 1. The third-order valence-electron chi connectivity index (χ3n) is 4.07. The highest BCUT2D eigenvalue weighted by atomic mass is 32.2. The second-order valence-electron chi connectivity index (χ2n) is 5.45. The number of aromatic nitrogens is 1. The van der Waals surface area contributed by atoms with Crippen molar-refractivity contribution in [3.05, 3.63) is 17.0 Å². The first-order chi connectivity index (χ1) is 8.08. The van der Waals surface area contributed by atoms with E-state index in [2.05, 4.69) is 16.9 Å². The van der Waals surface area contributed by atoms with Gasteiger partial charge in [0, 0.05) is 16.1 Å². The van der Waals surface area contributed by atoms with Gasteiger partial charge in [0.1, 0.15) is 5.76 Å². The minimum atomic E-state index is -0.699. The molecule has 3 nitrogen and oxygen atoms in total. The molecule has 3 rings (SSSR count). The van der Waals surface area contributed by atoms with Crippen LogP contribution in [0.1, 0.15) is 49.1 Å². The van der Waals surface area contributed by atoms with Crippen LogP contribution in [0.15, 0.2) is 4.52 Å². The molecule has 2 bridgehead atoms. The molecule has 0 saturated carbocycles. The largest absolute Gasteiger partial charge is 0.385 e. The summed E-state index contributed by atoms with van der Waals surface area (Å²) in [4.78, 5) is 0. The Kier molecular flexibility index (Phi) is 2.75. The molecule has 0 spiro atoms. The third-order valence-corrected chi connectivity index (χ3v) is 5.64. The van der Waals surface area contributed by atoms with Gasteiger partial charge in [0.15, 0.2) is 0 Å². The first-order valence-electron chi connectivity index (χ1n) is 6.40. The van der Waals surface area contributed by atoms with Crippen molar-refractivity contribution in [2.45, 2.75) is 62.1 Å². The minimum Gasteiger partial charge on any atom is -0.385 e. The smallest absolute Gasteiger partial charge is 0.140 e. The molecule has 0 aliphatic carbocycles. The van der Waals surface area contributed by atoms with E-state index in [1.807, 2.05) is 13.8 Å². The molecule has 0 radical (unpaired) electrons. The van der Waals surface area contributed by atoms with Gasteiger partial charge in [-0.1, -0.05) is 11.6 Å². The Labute approximate surface area is 106 Å². The molecule has 1 N–H and O–H groups in total. The number of aliphatic hydroxyl groups is 1. The van der Waals surface area contributed by atoms with Crippen molar-refractivity contribution in [1.82, 2.24) is 5.16 Å². The van der Waals surface area contributed by atoms with Crippen molar-refractivity contribution in [1.29, 1.82) is 0 Å². The Balaban J connectivity index is 1.96. The first kappa shape index (κ1) is 11.6. The lowest BCUT2D eigenvalue weighted by Gasteiger charge is -2.43. The lowest BCUT2D eigenvalue weighted by Crippen LogP contribution is -2.41. The van der Waals surface area contributed by atoms with Crippen LogP contribution in [-0.2, 0) is 5.60 Å². The molecule has 1 aromatic heterocycles. The molecule has 2 atom stereocenters. The summed E-state index contributed by atoms with van der Waals surface area (Å²) in [5.41, 5.74) is 1.11. The zero-order chi connectivity index (χ0) is 12.0. The molecule has 0 amide bonds. The van der Waals surface area contributed by atoms with Gasteiger partial charge in [-0.15, -0.1) is 0 Å². The molecule has 2 fully saturated rings. The van der Waals surface area contributed by atoms with E-state index in [0.29, 0.717) is 10.5 Å². The predicted octanol–water partition coefficient (Wildman–Crippen LogP) is 2.93. The van der Waals surface area contributed by atoms with Crippen LogP contribution in [0, 0.1) is 13.8 Å². The molecule has 3 heterocycles. The summed E-state index contributed by atoms with van der Waals surface area (Å²) in [6.07, 6.45) is 5.52. The molecule has 2 aliphatic heterocycles. The monoisotopic (exact) mass is 253 g/mol. The first-order valence-corrected chi connectivity index (χ1v) is 7.34. The maximum Gasteiger partial charge on any atom is 0.140 e. The highest BCUT2D eigenvalue weighted by Gasteiger charge is 2.45. The fourth-order valence-corrected chi connectivity index (χ4v) is 5.36. The fraction of sp³-hybridized carbons (Fsp3) is 0.769.